The fourth-order valence-corrected chi connectivity index (χ4v) is 5.58. The highest BCUT2D eigenvalue weighted by Crippen LogP contribution is 2.36. The van der Waals surface area contributed by atoms with E-state index >= 15 is 0 Å². The lowest BCUT2D eigenvalue weighted by atomic mass is 10.1. The molecule has 0 unspecified atom stereocenters. The van der Waals surface area contributed by atoms with E-state index in [0.29, 0.717) is 16.7 Å². The van der Waals surface area contributed by atoms with E-state index < -0.39 is 15.5 Å². The number of benzene rings is 3. The number of hydrogen-bond acceptors (Lipinski definition) is 9. The van der Waals surface area contributed by atoms with Gasteiger partial charge in [0.05, 0.1) is 22.3 Å². The molecule has 0 fully saturated rings. The maximum absolute atomic E-state index is 13.9. The number of nitrogens with two attached hydrogens (primary N) is 1. The molecule has 3 heterocycles. The van der Waals surface area contributed by atoms with Crippen LogP contribution in [0.15, 0.2) is 120 Å². The third-order valence-electron chi connectivity index (χ3n) is 6.15. The second-order valence-corrected chi connectivity index (χ2v) is 10.7. The number of aryl methyl sites for hydroxylation is 1. The number of nitrogen functional groups attached to an aromatic ring is 1. The van der Waals surface area contributed by atoms with Crippen molar-refractivity contribution in [1.29, 1.82) is 0 Å². The maximum atomic E-state index is 13.9. The molecule has 10 nitrogen and oxygen atoms in total. The Balaban J connectivity index is 1.66. The zero-order chi connectivity index (χ0) is 27.1. The number of anilines is 1. The molecule has 0 saturated heterocycles. The van der Waals surface area contributed by atoms with E-state index in [1.54, 1.807) is 54.6 Å². The summed E-state index contributed by atoms with van der Waals surface area (Å²) in [5.74, 6) is -0.0431. The number of fused-ring (bicyclic) bond motifs is 2. The molecule has 0 bridgehead atoms. The van der Waals surface area contributed by atoms with Crippen LogP contribution in [0.25, 0.3) is 27.9 Å². The van der Waals surface area contributed by atoms with E-state index in [9.17, 15) is 13.2 Å². The predicted molar refractivity (Wildman–Crippen MR) is 146 cm³/mol. The number of para-hydroxylation sites is 1. The lowest BCUT2D eigenvalue weighted by molar-refractivity contribution is 0.562. The Hall–Kier alpha value is -5.16. The predicted octanol–water partition coefficient (Wildman–Crippen LogP) is 5.64. The van der Waals surface area contributed by atoms with Crippen LogP contribution in [0.3, 0.4) is 0 Å². The van der Waals surface area contributed by atoms with Crippen molar-refractivity contribution in [3.8, 4) is 11.3 Å². The first kappa shape index (κ1) is 24.2. The van der Waals surface area contributed by atoms with E-state index in [-0.39, 0.29) is 38.2 Å². The average Bonchev–Trinajstić information content (AvgIpc) is 3.26. The highest BCUT2D eigenvalue weighted by molar-refractivity contribution is 7.91. The van der Waals surface area contributed by atoms with Gasteiger partial charge in [-0.3, -0.25) is 0 Å². The first-order valence-corrected chi connectivity index (χ1v) is 13.3. The molecule has 0 spiro atoms. The van der Waals surface area contributed by atoms with Crippen LogP contribution in [0.4, 0.5) is 17.2 Å². The van der Waals surface area contributed by atoms with E-state index in [2.05, 4.69) is 20.3 Å². The fourth-order valence-electron chi connectivity index (χ4n) is 4.19. The molecule has 192 valence electrons. The highest BCUT2D eigenvalue weighted by Gasteiger charge is 2.29. The van der Waals surface area contributed by atoms with Gasteiger partial charge in [0.1, 0.15) is 16.2 Å². The van der Waals surface area contributed by atoms with Gasteiger partial charge in [0, 0.05) is 5.39 Å². The SMILES string of the molecule is Cc1ccc(S(=O)(=O)c2cnc3c(N=Nc4ccccc4)c(N)nn3c2-c2cc3ccccc3oc2=O)cc1. The zero-order valence-corrected chi connectivity index (χ0v) is 21.3. The van der Waals surface area contributed by atoms with Gasteiger partial charge >= 0.3 is 5.63 Å². The third kappa shape index (κ3) is 4.24. The Morgan fingerprint density at radius 1 is 0.923 bits per heavy atom. The molecule has 2 N–H and O–H groups in total. The first-order chi connectivity index (χ1) is 18.8. The average molecular weight is 537 g/mol. The van der Waals surface area contributed by atoms with Gasteiger partial charge in [0.15, 0.2) is 17.2 Å². The summed E-state index contributed by atoms with van der Waals surface area (Å²) >= 11 is 0. The van der Waals surface area contributed by atoms with Gasteiger partial charge in [0.25, 0.3) is 0 Å². The van der Waals surface area contributed by atoms with Crippen LogP contribution >= 0.6 is 0 Å². The van der Waals surface area contributed by atoms with Crippen molar-refractivity contribution < 1.29 is 12.8 Å². The molecule has 6 aromatic rings. The van der Waals surface area contributed by atoms with E-state index in [1.165, 1.54) is 22.8 Å². The van der Waals surface area contributed by atoms with Crippen molar-refractivity contribution in [3.63, 3.8) is 0 Å². The third-order valence-corrected chi connectivity index (χ3v) is 7.92. The topological polar surface area (TPSA) is 145 Å². The molecule has 0 amide bonds. The Morgan fingerprint density at radius 3 is 2.41 bits per heavy atom. The zero-order valence-electron chi connectivity index (χ0n) is 20.5. The van der Waals surface area contributed by atoms with Crippen molar-refractivity contribution in [1.82, 2.24) is 14.6 Å². The van der Waals surface area contributed by atoms with Crippen molar-refractivity contribution in [2.45, 2.75) is 16.7 Å². The summed E-state index contributed by atoms with van der Waals surface area (Å²) in [6.45, 7) is 1.85. The lowest BCUT2D eigenvalue weighted by Crippen LogP contribution is -2.13. The van der Waals surface area contributed by atoms with Crippen molar-refractivity contribution in [2.75, 3.05) is 5.73 Å². The van der Waals surface area contributed by atoms with Gasteiger partial charge in [-0.05, 0) is 43.3 Å². The summed E-state index contributed by atoms with van der Waals surface area (Å²) in [6.07, 6.45) is 1.18. The summed E-state index contributed by atoms with van der Waals surface area (Å²) in [4.78, 5) is 17.4. The van der Waals surface area contributed by atoms with Crippen molar-refractivity contribution in [2.24, 2.45) is 10.2 Å². The fraction of sp³-hybridized carbons (Fsp3) is 0.0357. The summed E-state index contributed by atoms with van der Waals surface area (Å²) in [6, 6.07) is 23.9. The van der Waals surface area contributed by atoms with Crippen LogP contribution in [-0.4, -0.2) is 23.0 Å². The molecular formula is C28H20N6O4S. The van der Waals surface area contributed by atoms with Gasteiger partial charge in [-0.15, -0.1) is 10.2 Å². The van der Waals surface area contributed by atoms with Crippen LogP contribution in [0.2, 0.25) is 0 Å². The van der Waals surface area contributed by atoms with Gasteiger partial charge < -0.3 is 10.2 Å². The minimum absolute atomic E-state index is 0.0270. The van der Waals surface area contributed by atoms with Gasteiger partial charge in [0.2, 0.25) is 9.84 Å². The molecule has 0 aliphatic rings. The van der Waals surface area contributed by atoms with Crippen LogP contribution in [0.1, 0.15) is 5.56 Å². The quantitative estimate of drug-likeness (QED) is 0.222. The van der Waals surface area contributed by atoms with E-state index in [4.69, 9.17) is 10.2 Å². The number of sulfone groups is 1. The second-order valence-electron chi connectivity index (χ2n) is 8.78. The molecule has 0 radical (unpaired) electrons. The monoisotopic (exact) mass is 536 g/mol. The first-order valence-electron chi connectivity index (χ1n) is 11.8. The number of hydrogen-bond donors (Lipinski definition) is 1. The summed E-state index contributed by atoms with van der Waals surface area (Å²) < 4.78 is 34.5. The number of azo groups is 1. The Labute approximate surface area is 222 Å². The Morgan fingerprint density at radius 2 is 1.64 bits per heavy atom. The molecule has 11 heteroatoms. The number of nitrogens with zero attached hydrogens (tertiary/aromatic N) is 5. The van der Waals surface area contributed by atoms with Crippen molar-refractivity contribution >= 4 is 43.6 Å². The molecule has 3 aromatic heterocycles. The van der Waals surface area contributed by atoms with Crippen LogP contribution in [0, 0.1) is 6.92 Å². The maximum Gasteiger partial charge on any atom is 0.345 e. The summed E-state index contributed by atoms with van der Waals surface area (Å²) in [5.41, 5.74) is 7.46. The van der Waals surface area contributed by atoms with E-state index in [0.717, 1.165) is 5.56 Å². The largest absolute Gasteiger partial charge is 0.422 e. The Bertz CT molecular complexity index is 2070. The second kappa shape index (κ2) is 9.30. The normalized spacial score (nSPS) is 12.0. The summed E-state index contributed by atoms with van der Waals surface area (Å²) in [5, 5.41) is 13.4. The molecule has 0 aliphatic heterocycles. The Kier molecular flexibility index (Phi) is 5.77. The van der Waals surface area contributed by atoms with Gasteiger partial charge in [-0.25, -0.2) is 22.7 Å². The molecule has 39 heavy (non-hydrogen) atoms. The molecule has 6 rings (SSSR count). The van der Waals surface area contributed by atoms with Crippen LogP contribution in [0.5, 0.6) is 0 Å². The highest BCUT2D eigenvalue weighted by atomic mass is 32.2. The smallest absolute Gasteiger partial charge is 0.345 e. The number of rotatable bonds is 5. The summed E-state index contributed by atoms with van der Waals surface area (Å²) in [7, 11) is -4.15. The standard InChI is InChI=1S/C28H20N6O4S/c1-17-11-13-20(14-12-17)39(36,37)23-16-30-27-24(32-31-19-8-3-2-4-9-19)26(29)33-34(27)25(23)21-15-18-7-5-6-10-22(18)38-28(21)35/h2-16H,1H3,(H2,29,33). The molecule has 0 aliphatic carbocycles. The minimum Gasteiger partial charge on any atom is -0.422 e. The molecule has 0 saturated carbocycles. The van der Waals surface area contributed by atoms with Crippen LogP contribution < -0.4 is 11.4 Å². The number of aromatic nitrogens is 3. The molecule has 3 aromatic carbocycles. The van der Waals surface area contributed by atoms with E-state index in [1.807, 2.05) is 25.1 Å². The molecular weight excluding hydrogens is 516 g/mol. The van der Waals surface area contributed by atoms with Gasteiger partial charge in [-0.2, -0.15) is 5.11 Å². The van der Waals surface area contributed by atoms with Crippen LogP contribution in [-0.2, 0) is 9.84 Å². The van der Waals surface area contributed by atoms with Gasteiger partial charge in [-0.1, -0.05) is 54.1 Å². The lowest BCUT2D eigenvalue weighted by Gasteiger charge is -2.12. The minimum atomic E-state index is -4.15. The van der Waals surface area contributed by atoms with Crippen molar-refractivity contribution in [3.05, 3.63) is 107 Å². The molecule has 0 atom stereocenters.